The van der Waals surface area contributed by atoms with Crippen molar-refractivity contribution in [2.24, 2.45) is 0 Å². The van der Waals surface area contributed by atoms with Gasteiger partial charge in [0.05, 0.1) is 5.75 Å². The summed E-state index contributed by atoms with van der Waals surface area (Å²) in [5.41, 5.74) is 2.49. The van der Waals surface area contributed by atoms with Crippen LogP contribution in [0.2, 0.25) is 0 Å². The molecule has 0 aliphatic rings. The first kappa shape index (κ1) is 12.8. The Morgan fingerprint density at radius 1 is 1.00 bits per heavy atom. The molecule has 0 aliphatic carbocycles. The van der Waals surface area contributed by atoms with Gasteiger partial charge in [-0.25, -0.2) is 13.4 Å². The zero-order valence-electron chi connectivity index (χ0n) is 10.4. The van der Waals surface area contributed by atoms with E-state index in [1.54, 1.807) is 19.1 Å². The van der Waals surface area contributed by atoms with Crippen molar-refractivity contribution in [3.8, 4) is 0 Å². The Balaban J connectivity index is 2.40. The van der Waals surface area contributed by atoms with Crippen molar-refractivity contribution in [1.29, 1.82) is 0 Å². The van der Waals surface area contributed by atoms with Crippen molar-refractivity contribution in [1.82, 2.24) is 4.98 Å². The molecule has 0 spiro atoms. The topological polar surface area (TPSA) is 47.0 Å². The molecule has 2 rings (SSSR count). The number of hydrogen-bond donors (Lipinski definition) is 0. The van der Waals surface area contributed by atoms with E-state index in [9.17, 15) is 8.42 Å². The van der Waals surface area contributed by atoms with Crippen LogP contribution in [-0.2, 0) is 15.6 Å². The maximum atomic E-state index is 12.3. The Hall–Kier alpha value is -1.68. The predicted molar refractivity (Wildman–Crippen MR) is 71.0 cm³/mol. The van der Waals surface area contributed by atoms with E-state index in [0.717, 1.165) is 11.1 Å². The average Bonchev–Trinajstić information content (AvgIpc) is 2.32. The molecule has 0 amide bonds. The molecule has 0 saturated carbocycles. The second kappa shape index (κ2) is 4.90. The first-order chi connectivity index (χ1) is 8.50. The minimum absolute atomic E-state index is 0.00245. The van der Waals surface area contributed by atoms with Gasteiger partial charge in [-0.15, -0.1) is 0 Å². The number of rotatable bonds is 3. The number of aryl methyl sites for hydroxylation is 2. The molecule has 2 aromatic rings. The molecule has 1 heterocycles. The van der Waals surface area contributed by atoms with Gasteiger partial charge >= 0.3 is 0 Å². The van der Waals surface area contributed by atoms with Gasteiger partial charge in [-0.05, 0) is 36.6 Å². The minimum Gasteiger partial charge on any atom is -0.244 e. The van der Waals surface area contributed by atoms with Crippen molar-refractivity contribution in [3.05, 3.63) is 59.3 Å². The number of pyridine rings is 1. The smallest absolute Gasteiger partial charge is 0.200 e. The highest BCUT2D eigenvalue weighted by Crippen LogP contribution is 2.19. The Labute approximate surface area is 107 Å². The lowest BCUT2D eigenvalue weighted by molar-refractivity contribution is 0.590. The van der Waals surface area contributed by atoms with Crippen molar-refractivity contribution >= 4 is 9.84 Å². The third-order valence-corrected chi connectivity index (χ3v) is 4.57. The van der Waals surface area contributed by atoms with Crippen LogP contribution in [0.3, 0.4) is 0 Å². The number of hydrogen-bond acceptors (Lipinski definition) is 3. The fourth-order valence-electron chi connectivity index (χ4n) is 1.84. The van der Waals surface area contributed by atoms with E-state index in [1.807, 2.05) is 31.2 Å². The second-order valence-corrected chi connectivity index (χ2v) is 6.22. The molecule has 3 nitrogen and oxygen atoms in total. The van der Waals surface area contributed by atoms with E-state index < -0.39 is 9.84 Å². The van der Waals surface area contributed by atoms with Crippen LogP contribution in [0.15, 0.2) is 47.6 Å². The van der Waals surface area contributed by atoms with Gasteiger partial charge in [-0.1, -0.05) is 30.3 Å². The molecule has 0 unspecified atom stereocenters. The highest BCUT2D eigenvalue weighted by molar-refractivity contribution is 7.90. The fraction of sp³-hybridized carbons (Fsp3) is 0.214. The van der Waals surface area contributed by atoms with Crippen LogP contribution in [0.5, 0.6) is 0 Å². The third-order valence-electron chi connectivity index (χ3n) is 2.86. The molecular weight excluding hydrogens is 246 g/mol. The first-order valence-electron chi connectivity index (χ1n) is 5.69. The Morgan fingerprint density at radius 2 is 1.67 bits per heavy atom. The number of benzene rings is 1. The van der Waals surface area contributed by atoms with Crippen LogP contribution in [0.25, 0.3) is 0 Å². The van der Waals surface area contributed by atoms with E-state index in [4.69, 9.17) is 0 Å². The van der Waals surface area contributed by atoms with Crippen molar-refractivity contribution in [2.75, 3.05) is 0 Å². The standard InChI is InChI=1S/C14H15NO2S/c1-11-6-3-4-8-13(11)10-18(16,17)14-12(2)7-5-9-15-14/h3-9H,10H2,1-2H3. The molecule has 1 aromatic heterocycles. The number of sulfone groups is 1. The largest absolute Gasteiger partial charge is 0.244 e. The summed E-state index contributed by atoms with van der Waals surface area (Å²) in [7, 11) is -3.38. The minimum atomic E-state index is -3.38. The summed E-state index contributed by atoms with van der Waals surface area (Å²) in [6, 6.07) is 11.0. The second-order valence-electron chi connectivity index (χ2n) is 4.31. The van der Waals surface area contributed by atoms with Gasteiger partial charge in [-0.2, -0.15) is 0 Å². The first-order valence-corrected chi connectivity index (χ1v) is 7.35. The summed E-state index contributed by atoms with van der Waals surface area (Å²) < 4.78 is 24.6. The summed E-state index contributed by atoms with van der Waals surface area (Å²) >= 11 is 0. The van der Waals surface area contributed by atoms with Crippen LogP contribution in [0.4, 0.5) is 0 Å². The molecule has 0 atom stereocenters. The summed E-state index contributed by atoms with van der Waals surface area (Å²) in [4.78, 5) is 3.99. The number of aromatic nitrogens is 1. The molecule has 1 aromatic carbocycles. The van der Waals surface area contributed by atoms with Gasteiger partial charge < -0.3 is 0 Å². The highest BCUT2D eigenvalue weighted by atomic mass is 32.2. The van der Waals surface area contributed by atoms with E-state index in [1.165, 1.54) is 6.20 Å². The van der Waals surface area contributed by atoms with Gasteiger partial charge in [0, 0.05) is 6.20 Å². The highest BCUT2D eigenvalue weighted by Gasteiger charge is 2.19. The zero-order chi connectivity index (χ0) is 13.2. The lowest BCUT2D eigenvalue weighted by Gasteiger charge is -2.08. The van der Waals surface area contributed by atoms with Gasteiger partial charge in [0.2, 0.25) is 0 Å². The van der Waals surface area contributed by atoms with Crippen LogP contribution in [0.1, 0.15) is 16.7 Å². The monoisotopic (exact) mass is 261 g/mol. The predicted octanol–water partition coefficient (Wildman–Crippen LogP) is 2.67. The summed E-state index contributed by atoms with van der Waals surface area (Å²) in [5.74, 6) is -0.00245. The quantitative estimate of drug-likeness (QED) is 0.853. The van der Waals surface area contributed by atoms with Gasteiger partial charge in [0.1, 0.15) is 0 Å². The maximum absolute atomic E-state index is 12.3. The van der Waals surface area contributed by atoms with Gasteiger partial charge in [0.15, 0.2) is 14.9 Å². The normalized spacial score (nSPS) is 11.4. The Morgan fingerprint density at radius 3 is 2.33 bits per heavy atom. The van der Waals surface area contributed by atoms with Crippen molar-refractivity contribution in [2.45, 2.75) is 24.6 Å². The van der Waals surface area contributed by atoms with Crippen LogP contribution < -0.4 is 0 Å². The SMILES string of the molecule is Cc1ccccc1CS(=O)(=O)c1ncccc1C. The molecule has 94 valence electrons. The fourth-order valence-corrected chi connectivity index (χ4v) is 3.49. The summed E-state index contributed by atoms with van der Waals surface area (Å²) in [6.45, 7) is 3.67. The van der Waals surface area contributed by atoms with Crippen molar-refractivity contribution < 1.29 is 8.42 Å². The zero-order valence-corrected chi connectivity index (χ0v) is 11.2. The van der Waals surface area contributed by atoms with E-state index in [2.05, 4.69) is 4.98 Å². The van der Waals surface area contributed by atoms with Crippen LogP contribution >= 0.6 is 0 Å². The lowest BCUT2D eigenvalue weighted by Crippen LogP contribution is -2.09. The van der Waals surface area contributed by atoms with E-state index in [-0.39, 0.29) is 10.8 Å². The van der Waals surface area contributed by atoms with E-state index in [0.29, 0.717) is 5.56 Å². The number of nitrogens with zero attached hydrogens (tertiary/aromatic N) is 1. The lowest BCUT2D eigenvalue weighted by atomic mass is 10.1. The molecule has 0 radical (unpaired) electrons. The van der Waals surface area contributed by atoms with Crippen LogP contribution in [0, 0.1) is 13.8 Å². The Bertz CT molecular complexity index is 663. The molecule has 18 heavy (non-hydrogen) atoms. The molecule has 0 N–H and O–H groups in total. The van der Waals surface area contributed by atoms with E-state index >= 15 is 0 Å². The van der Waals surface area contributed by atoms with Crippen LogP contribution in [-0.4, -0.2) is 13.4 Å². The summed E-state index contributed by atoms with van der Waals surface area (Å²) in [6.07, 6.45) is 1.51. The maximum Gasteiger partial charge on any atom is 0.200 e. The molecule has 0 aliphatic heterocycles. The molecule has 0 bridgehead atoms. The average molecular weight is 261 g/mol. The molecule has 0 saturated heterocycles. The third kappa shape index (κ3) is 2.59. The van der Waals surface area contributed by atoms with Crippen molar-refractivity contribution in [3.63, 3.8) is 0 Å². The molecule has 4 heteroatoms. The molecule has 0 fully saturated rings. The van der Waals surface area contributed by atoms with Gasteiger partial charge in [0.25, 0.3) is 0 Å². The van der Waals surface area contributed by atoms with Gasteiger partial charge in [-0.3, -0.25) is 0 Å². The Kier molecular flexibility index (Phi) is 3.48. The summed E-state index contributed by atoms with van der Waals surface area (Å²) in [5, 5.41) is 0.174. The molecular formula is C14H15NO2S.